The molecule has 1 atom stereocenters. The molecule has 0 spiro atoms. The van der Waals surface area contributed by atoms with E-state index in [-0.39, 0.29) is 0 Å². The van der Waals surface area contributed by atoms with Crippen LogP contribution in [0.2, 0.25) is 0 Å². The predicted octanol–water partition coefficient (Wildman–Crippen LogP) is 2.66. The van der Waals surface area contributed by atoms with Crippen LogP contribution >= 0.6 is 0 Å². The summed E-state index contributed by atoms with van der Waals surface area (Å²) < 4.78 is 5.65. The molecule has 3 heteroatoms. The Balaban J connectivity index is 1.58. The summed E-state index contributed by atoms with van der Waals surface area (Å²) in [5.74, 6) is 1.73. The van der Waals surface area contributed by atoms with E-state index < -0.39 is 0 Å². The summed E-state index contributed by atoms with van der Waals surface area (Å²) in [7, 11) is 0. The molecule has 19 heavy (non-hydrogen) atoms. The van der Waals surface area contributed by atoms with Gasteiger partial charge in [0.25, 0.3) is 0 Å². The van der Waals surface area contributed by atoms with Crippen molar-refractivity contribution in [1.29, 1.82) is 0 Å². The first-order valence-corrected chi connectivity index (χ1v) is 6.54. The van der Waals surface area contributed by atoms with Crippen LogP contribution < -0.4 is 10.1 Å². The Hall–Kier alpha value is -2.00. The first-order chi connectivity index (χ1) is 9.34. The summed E-state index contributed by atoms with van der Waals surface area (Å²) in [5, 5.41) is 13.1. The third-order valence-corrected chi connectivity index (χ3v) is 3.50. The van der Waals surface area contributed by atoms with Crippen molar-refractivity contribution < 1.29 is 9.84 Å². The highest BCUT2D eigenvalue weighted by Gasteiger charge is 2.22. The number of para-hydroxylation sites is 2. The van der Waals surface area contributed by atoms with E-state index in [0.717, 1.165) is 24.5 Å². The summed E-state index contributed by atoms with van der Waals surface area (Å²) >= 11 is 0. The number of nitrogens with one attached hydrogen (secondary N) is 1. The van der Waals surface area contributed by atoms with Crippen molar-refractivity contribution in [1.82, 2.24) is 5.32 Å². The quantitative estimate of drug-likeness (QED) is 0.882. The van der Waals surface area contributed by atoms with E-state index in [0.29, 0.717) is 18.2 Å². The second kappa shape index (κ2) is 5.33. The molecule has 98 valence electrons. The molecule has 3 rings (SSSR count). The molecule has 0 saturated carbocycles. The van der Waals surface area contributed by atoms with E-state index in [1.54, 1.807) is 6.07 Å². The van der Waals surface area contributed by atoms with Crippen LogP contribution in [0.5, 0.6) is 11.5 Å². The second-order valence-electron chi connectivity index (χ2n) is 4.81. The lowest BCUT2D eigenvalue weighted by Crippen LogP contribution is -2.22. The number of phenols is 1. The van der Waals surface area contributed by atoms with Gasteiger partial charge in [-0.15, -0.1) is 0 Å². The standard InChI is InChI=1S/C16H17NO2/c18-15-7-3-1-5-12(15)9-17-10-13-11-19-16-8-4-2-6-14(13)16/h1-8,13,17-18H,9-11H2. The van der Waals surface area contributed by atoms with E-state index in [4.69, 9.17) is 4.74 Å². The first kappa shape index (κ1) is 12.1. The van der Waals surface area contributed by atoms with Crippen LogP contribution in [0.3, 0.4) is 0 Å². The van der Waals surface area contributed by atoms with E-state index in [1.807, 2.05) is 36.4 Å². The Morgan fingerprint density at radius 1 is 1.11 bits per heavy atom. The van der Waals surface area contributed by atoms with Crippen molar-refractivity contribution in [3.63, 3.8) is 0 Å². The lowest BCUT2D eigenvalue weighted by molar-refractivity contribution is 0.326. The number of fused-ring (bicyclic) bond motifs is 1. The summed E-state index contributed by atoms with van der Waals surface area (Å²) in [6.45, 7) is 2.25. The number of hydrogen-bond donors (Lipinski definition) is 2. The van der Waals surface area contributed by atoms with Gasteiger partial charge in [0.2, 0.25) is 0 Å². The number of rotatable bonds is 4. The lowest BCUT2D eigenvalue weighted by atomic mass is 10.0. The highest BCUT2D eigenvalue weighted by molar-refractivity contribution is 5.39. The Morgan fingerprint density at radius 3 is 2.79 bits per heavy atom. The zero-order chi connectivity index (χ0) is 13.1. The monoisotopic (exact) mass is 255 g/mol. The van der Waals surface area contributed by atoms with Gasteiger partial charge in [0.05, 0.1) is 6.61 Å². The minimum absolute atomic E-state index is 0.345. The maximum atomic E-state index is 9.70. The molecule has 1 aliphatic rings. The van der Waals surface area contributed by atoms with Crippen molar-refractivity contribution in [2.45, 2.75) is 12.5 Å². The van der Waals surface area contributed by atoms with Gasteiger partial charge in [-0.3, -0.25) is 0 Å². The van der Waals surface area contributed by atoms with Crippen LogP contribution in [0.15, 0.2) is 48.5 Å². The molecule has 2 N–H and O–H groups in total. The summed E-state index contributed by atoms with van der Waals surface area (Å²) in [6, 6.07) is 15.6. The van der Waals surface area contributed by atoms with Crippen LogP contribution in [0.4, 0.5) is 0 Å². The smallest absolute Gasteiger partial charge is 0.122 e. The molecule has 1 heterocycles. The van der Waals surface area contributed by atoms with E-state index in [2.05, 4.69) is 11.4 Å². The summed E-state index contributed by atoms with van der Waals surface area (Å²) in [4.78, 5) is 0. The number of hydrogen-bond acceptors (Lipinski definition) is 3. The largest absolute Gasteiger partial charge is 0.508 e. The molecule has 1 unspecified atom stereocenters. The lowest BCUT2D eigenvalue weighted by Gasteiger charge is -2.11. The van der Waals surface area contributed by atoms with Gasteiger partial charge in [0, 0.05) is 30.1 Å². The highest BCUT2D eigenvalue weighted by atomic mass is 16.5. The average Bonchev–Trinajstić information content (AvgIpc) is 2.85. The fourth-order valence-corrected chi connectivity index (χ4v) is 2.44. The number of aromatic hydroxyl groups is 1. The fourth-order valence-electron chi connectivity index (χ4n) is 2.44. The SMILES string of the molecule is Oc1ccccc1CNCC1COc2ccccc21. The molecule has 2 aromatic carbocycles. The van der Waals surface area contributed by atoms with Crippen LogP contribution in [0.25, 0.3) is 0 Å². The van der Waals surface area contributed by atoms with Crippen molar-refractivity contribution in [2.75, 3.05) is 13.2 Å². The molecule has 0 bridgehead atoms. The molecule has 2 aromatic rings. The Labute approximate surface area is 112 Å². The number of phenolic OH excluding ortho intramolecular Hbond substituents is 1. The fraction of sp³-hybridized carbons (Fsp3) is 0.250. The Kier molecular flexibility index (Phi) is 3.38. The van der Waals surface area contributed by atoms with Gasteiger partial charge >= 0.3 is 0 Å². The topological polar surface area (TPSA) is 41.5 Å². The summed E-state index contributed by atoms with van der Waals surface area (Å²) in [5.41, 5.74) is 2.20. The van der Waals surface area contributed by atoms with Gasteiger partial charge in [-0.2, -0.15) is 0 Å². The molecule has 0 aromatic heterocycles. The van der Waals surface area contributed by atoms with E-state index >= 15 is 0 Å². The molecular weight excluding hydrogens is 238 g/mol. The summed E-state index contributed by atoms with van der Waals surface area (Å²) in [6.07, 6.45) is 0. The molecule has 1 aliphatic heterocycles. The Morgan fingerprint density at radius 2 is 1.89 bits per heavy atom. The molecular formula is C16H17NO2. The minimum Gasteiger partial charge on any atom is -0.508 e. The Bertz CT molecular complexity index is 568. The average molecular weight is 255 g/mol. The third-order valence-electron chi connectivity index (χ3n) is 3.50. The maximum absolute atomic E-state index is 9.70. The van der Waals surface area contributed by atoms with Gasteiger partial charge < -0.3 is 15.2 Å². The third kappa shape index (κ3) is 2.56. The van der Waals surface area contributed by atoms with Crippen molar-refractivity contribution in [2.24, 2.45) is 0 Å². The molecule has 0 radical (unpaired) electrons. The zero-order valence-corrected chi connectivity index (χ0v) is 10.7. The van der Waals surface area contributed by atoms with Gasteiger partial charge in [0.1, 0.15) is 11.5 Å². The van der Waals surface area contributed by atoms with Crippen LogP contribution in [0.1, 0.15) is 17.0 Å². The predicted molar refractivity (Wildman–Crippen MR) is 74.5 cm³/mol. The zero-order valence-electron chi connectivity index (χ0n) is 10.7. The van der Waals surface area contributed by atoms with Gasteiger partial charge in [-0.05, 0) is 12.1 Å². The van der Waals surface area contributed by atoms with Gasteiger partial charge in [-0.1, -0.05) is 36.4 Å². The molecule has 0 amide bonds. The van der Waals surface area contributed by atoms with E-state index in [1.165, 1.54) is 5.56 Å². The van der Waals surface area contributed by atoms with E-state index in [9.17, 15) is 5.11 Å². The first-order valence-electron chi connectivity index (χ1n) is 6.54. The van der Waals surface area contributed by atoms with Crippen LogP contribution in [0, 0.1) is 0 Å². The number of ether oxygens (including phenoxy) is 1. The van der Waals surface area contributed by atoms with Gasteiger partial charge in [0.15, 0.2) is 0 Å². The maximum Gasteiger partial charge on any atom is 0.122 e. The second-order valence-corrected chi connectivity index (χ2v) is 4.81. The molecule has 0 aliphatic carbocycles. The number of benzene rings is 2. The normalized spacial score (nSPS) is 16.9. The molecule has 3 nitrogen and oxygen atoms in total. The van der Waals surface area contributed by atoms with Crippen molar-refractivity contribution in [3.8, 4) is 11.5 Å². The van der Waals surface area contributed by atoms with Crippen LogP contribution in [-0.4, -0.2) is 18.3 Å². The molecule has 0 fully saturated rings. The molecule has 0 saturated heterocycles. The minimum atomic E-state index is 0.345. The van der Waals surface area contributed by atoms with Crippen molar-refractivity contribution >= 4 is 0 Å². The van der Waals surface area contributed by atoms with Gasteiger partial charge in [-0.25, -0.2) is 0 Å². The van der Waals surface area contributed by atoms with Crippen LogP contribution in [-0.2, 0) is 6.54 Å². The van der Waals surface area contributed by atoms with Crippen molar-refractivity contribution in [3.05, 3.63) is 59.7 Å². The highest BCUT2D eigenvalue weighted by Crippen LogP contribution is 2.32.